The van der Waals surface area contributed by atoms with E-state index < -0.39 is 44.9 Å². The second-order valence-corrected chi connectivity index (χ2v) is 13.5. The van der Waals surface area contributed by atoms with E-state index in [2.05, 4.69) is 25.8 Å². The first-order valence-corrected chi connectivity index (χ1v) is 14.4. The Morgan fingerprint density at radius 1 is 0.902 bits per heavy atom. The van der Waals surface area contributed by atoms with Gasteiger partial charge in [-0.05, 0) is 61.6 Å². The smallest absolute Gasteiger partial charge is 0.416 e. The van der Waals surface area contributed by atoms with E-state index in [9.17, 15) is 27.5 Å². The molecule has 220 valence electrons. The van der Waals surface area contributed by atoms with Crippen molar-refractivity contribution in [3.63, 3.8) is 0 Å². The number of amides is 1. The summed E-state index contributed by atoms with van der Waals surface area (Å²) in [5.74, 6) is -2.21. The highest BCUT2D eigenvalue weighted by Gasteiger charge is 2.30. The van der Waals surface area contributed by atoms with Gasteiger partial charge in [0.15, 0.2) is 0 Å². The number of hydrogen-bond donors (Lipinski definition) is 1. The van der Waals surface area contributed by atoms with Crippen molar-refractivity contribution in [3.05, 3.63) is 89.4 Å². The number of carbonyl (C=O) groups is 2. The van der Waals surface area contributed by atoms with Crippen molar-refractivity contribution >= 4 is 27.9 Å². The van der Waals surface area contributed by atoms with Gasteiger partial charge in [0.2, 0.25) is 10.0 Å². The van der Waals surface area contributed by atoms with E-state index in [0.717, 1.165) is 20.8 Å². The number of anilines is 1. The molecule has 0 bridgehead atoms. The van der Waals surface area contributed by atoms with Crippen LogP contribution >= 0.6 is 0 Å². The molecule has 1 heterocycles. The summed E-state index contributed by atoms with van der Waals surface area (Å²) in [6.45, 7) is 10.1. The molecule has 0 radical (unpaired) electrons. The Kier molecular flexibility index (Phi) is 9.55. The van der Waals surface area contributed by atoms with Crippen molar-refractivity contribution in [2.24, 2.45) is 0 Å². The minimum absolute atomic E-state index is 0.0306. The van der Waals surface area contributed by atoms with Crippen molar-refractivity contribution in [2.75, 3.05) is 11.4 Å². The fourth-order valence-corrected chi connectivity index (χ4v) is 5.37. The van der Waals surface area contributed by atoms with E-state index in [1.165, 1.54) is 30.3 Å². The molecule has 2 aromatic carbocycles. The summed E-state index contributed by atoms with van der Waals surface area (Å²) >= 11 is 0. The summed E-state index contributed by atoms with van der Waals surface area (Å²) in [6.07, 6.45) is -0.917. The van der Waals surface area contributed by atoms with Gasteiger partial charge in [-0.2, -0.15) is 4.31 Å². The second-order valence-electron chi connectivity index (χ2n) is 11.6. The number of carboxylic acids is 1. The topological polar surface area (TPSA) is 117 Å². The number of aliphatic carboxylic acids is 1. The highest BCUT2D eigenvalue weighted by molar-refractivity contribution is 7.89. The molecule has 1 amide bonds. The molecule has 0 saturated carbocycles. The average Bonchev–Trinajstić information content (AvgIpc) is 2.86. The van der Waals surface area contributed by atoms with Gasteiger partial charge in [-0.25, -0.2) is 22.6 Å². The number of pyridine rings is 1. The Bertz CT molecular complexity index is 1500. The first-order chi connectivity index (χ1) is 19.0. The summed E-state index contributed by atoms with van der Waals surface area (Å²) in [4.78, 5) is 29.1. The zero-order valence-corrected chi connectivity index (χ0v) is 24.9. The predicted molar refractivity (Wildman–Crippen MR) is 153 cm³/mol. The van der Waals surface area contributed by atoms with Crippen LogP contribution in [0.25, 0.3) is 0 Å². The molecule has 41 heavy (non-hydrogen) atoms. The maximum atomic E-state index is 14.7. The van der Waals surface area contributed by atoms with Gasteiger partial charge >= 0.3 is 12.1 Å². The van der Waals surface area contributed by atoms with Crippen LogP contribution in [0.4, 0.5) is 15.0 Å². The maximum absolute atomic E-state index is 14.7. The van der Waals surface area contributed by atoms with E-state index in [4.69, 9.17) is 4.74 Å². The summed E-state index contributed by atoms with van der Waals surface area (Å²) < 4.78 is 48.6. The minimum Gasteiger partial charge on any atom is -0.480 e. The van der Waals surface area contributed by atoms with E-state index in [1.807, 2.05) is 24.3 Å². The predicted octanol–water partition coefficient (Wildman–Crippen LogP) is 5.74. The first kappa shape index (κ1) is 31.7. The third kappa shape index (κ3) is 8.58. The molecule has 0 saturated heterocycles. The van der Waals surface area contributed by atoms with Crippen LogP contribution in [0.5, 0.6) is 0 Å². The van der Waals surface area contributed by atoms with Gasteiger partial charge in [-0.3, -0.25) is 9.69 Å². The van der Waals surface area contributed by atoms with Gasteiger partial charge in [-0.15, -0.1) is 0 Å². The van der Waals surface area contributed by atoms with Gasteiger partial charge in [0.1, 0.15) is 28.7 Å². The Labute approximate surface area is 240 Å². The van der Waals surface area contributed by atoms with E-state index in [1.54, 1.807) is 26.8 Å². The zero-order chi connectivity index (χ0) is 30.6. The number of hydrogen-bond acceptors (Lipinski definition) is 6. The normalized spacial score (nSPS) is 12.3. The maximum Gasteiger partial charge on any atom is 0.416 e. The molecule has 0 spiro atoms. The van der Waals surface area contributed by atoms with Crippen LogP contribution in [-0.4, -0.2) is 47.0 Å². The van der Waals surface area contributed by atoms with E-state index >= 15 is 0 Å². The fourth-order valence-electron chi connectivity index (χ4n) is 3.91. The quantitative estimate of drug-likeness (QED) is 0.341. The second kappa shape index (κ2) is 12.4. The summed E-state index contributed by atoms with van der Waals surface area (Å²) in [5.41, 5.74) is 0.971. The van der Waals surface area contributed by atoms with Crippen LogP contribution in [0.15, 0.2) is 71.6 Å². The lowest BCUT2D eigenvalue weighted by molar-refractivity contribution is -0.135. The Morgan fingerprint density at radius 3 is 2.10 bits per heavy atom. The van der Waals surface area contributed by atoms with Gasteiger partial charge in [0.05, 0.1) is 12.2 Å². The zero-order valence-electron chi connectivity index (χ0n) is 24.1. The highest BCUT2D eigenvalue weighted by atomic mass is 32.2. The first-order valence-electron chi connectivity index (χ1n) is 13.0. The Hall–Kier alpha value is -3.83. The molecule has 0 unspecified atom stereocenters. The lowest BCUT2D eigenvalue weighted by Crippen LogP contribution is -2.40. The largest absolute Gasteiger partial charge is 0.480 e. The lowest BCUT2D eigenvalue weighted by Gasteiger charge is -2.26. The molecule has 0 fully saturated rings. The fraction of sp³-hybridized carbons (Fsp3) is 0.367. The number of rotatable bonds is 9. The minimum atomic E-state index is -4.34. The van der Waals surface area contributed by atoms with Crippen molar-refractivity contribution in [1.82, 2.24) is 9.29 Å². The summed E-state index contributed by atoms with van der Waals surface area (Å²) in [6, 6.07) is 17.1. The number of benzene rings is 2. The van der Waals surface area contributed by atoms with Crippen LogP contribution in [0, 0.1) is 5.82 Å². The average molecular weight is 586 g/mol. The molecular formula is C30H36FN3O6S. The van der Waals surface area contributed by atoms with Crippen molar-refractivity contribution in [1.29, 1.82) is 0 Å². The van der Waals surface area contributed by atoms with Crippen LogP contribution < -0.4 is 4.90 Å². The van der Waals surface area contributed by atoms with Crippen LogP contribution in [0.3, 0.4) is 0 Å². The van der Waals surface area contributed by atoms with Crippen molar-refractivity contribution in [2.45, 2.75) is 70.5 Å². The molecule has 0 atom stereocenters. The van der Waals surface area contributed by atoms with Crippen LogP contribution in [0.1, 0.15) is 58.4 Å². The van der Waals surface area contributed by atoms with Crippen molar-refractivity contribution < 1.29 is 32.2 Å². The van der Waals surface area contributed by atoms with Crippen molar-refractivity contribution in [3.8, 4) is 0 Å². The monoisotopic (exact) mass is 585 g/mol. The van der Waals surface area contributed by atoms with E-state index in [0.29, 0.717) is 5.56 Å². The third-order valence-electron chi connectivity index (χ3n) is 5.95. The third-order valence-corrected chi connectivity index (χ3v) is 7.77. The molecule has 9 nitrogen and oxygen atoms in total. The van der Waals surface area contributed by atoms with Crippen LogP contribution in [-0.2, 0) is 38.1 Å². The number of carboxylic acid groups (broad SMARTS) is 1. The number of carbonyl (C=O) groups excluding carboxylic acids is 1. The molecule has 3 rings (SSSR count). The molecule has 0 aliphatic heterocycles. The SMILES string of the molecule is CC(C)(C)OC(=O)N(CC(=O)O)c1cccc(CN(Cc2ccc(C(C)(C)C)cc2)S(=O)(=O)c2ccccc2F)n1. The number of ether oxygens (including phenoxy) is 1. The molecule has 1 aromatic heterocycles. The standard InChI is InChI=1S/C30H36FN3O6S/c1-29(2,3)22-16-14-21(15-17-22)18-33(41(38,39)25-12-8-7-11-24(25)31)19-23-10-9-13-26(32-23)34(20-27(35)36)28(37)40-30(4,5)6/h7-17H,18-20H2,1-6H3,(H,35,36). The number of aromatic nitrogens is 1. The molecule has 11 heteroatoms. The summed E-state index contributed by atoms with van der Waals surface area (Å²) in [7, 11) is -4.34. The van der Waals surface area contributed by atoms with Gasteiger partial charge in [-0.1, -0.05) is 63.2 Å². The van der Waals surface area contributed by atoms with Crippen LogP contribution in [0.2, 0.25) is 0 Å². The molecule has 3 aromatic rings. The molecule has 0 aliphatic carbocycles. The molecule has 0 aliphatic rings. The van der Waals surface area contributed by atoms with Gasteiger partial charge < -0.3 is 9.84 Å². The van der Waals surface area contributed by atoms with Gasteiger partial charge in [0.25, 0.3) is 0 Å². The molecule has 1 N–H and O–H groups in total. The molecular weight excluding hydrogens is 549 g/mol. The number of sulfonamides is 1. The lowest BCUT2D eigenvalue weighted by atomic mass is 9.87. The number of nitrogens with zero attached hydrogens (tertiary/aromatic N) is 3. The Morgan fingerprint density at radius 2 is 1.54 bits per heavy atom. The Balaban J connectivity index is 2.02. The highest BCUT2D eigenvalue weighted by Crippen LogP contribution is 2.26. The van der Waals surface area contributed by atoms with Gasteiger partial charge in [0, 0.05) is 6.54 Å². The van der Waals surface area contributed by atoms with E-state index in [-0.39, 0.29) is 30.0 Å². The summed E-state index contributed by atoms with van der Waals surface area (Å²) in [5, 5.41) is 9.40. The number of halogens is 1.